The van der Waals surface area contributed by atoms with E-state index in [9.17, 15) is 13.2 Å². The van der Waals surface area contributed by atoms with Gasteiger partial charge in [0.25, 0.3) is 0 Å². The zero-order chi connectivity index (χ0) is 14.3. The average molecular weight is 271 g/mol. The van der Waals surface area contributed by atoms with Crippen molar-refractivity contribution in [1.82, 2.24) is 5.32 Å². The second kappa shape index (κ2) is 4.51. The van der Waals surface area contributed by atoms with Gasteiger partial charge in [0.05, 0.1) is 5.56 Å². The molecule has 4 heteroatoms. The summed E-state index contributed by atoms with van der Waals surface area (Å²) in [6.45, 7) is 7.30. The molecule has 1 aromatic carbocycles. The Hall–Kier alpha value is -1.03. The molecule has 0 bridgehead atoms. The Morgan fingerprint density at radius 2 is 1.63 bits per heavy atom. The van der Waals surface area contributed by atoms with Crippen molar-refractivity contribution in [3.8, 4) is 0 Å². The van der Waals surface area contributed by atoms with Crippen LogP contribution in [0.15, 0.2) is 24.3 Å². The van der Waals surface area contributed by atoms with Crippen LogP contribution in [-0.2, 0) is 11.7 Å². The number of hydrogen-bond acceptors (Lipinski definition) is 1. The van der Waals surface area contributed by atoms with E-state index in [1.165, 1.54) is 12.1 Å². The van der Waals surface area contributed by atoms with Gasteiger partial charge in [0.2, 0.25) is 0 Å². The standard InChI is InChI=1S/C15H20F3N/c1-13(2,3)14(9-4-10-19-14)11-5-7-12(8-6-11)15(16,17)18/h5-8,19H,4,9-10H2,1-3H3. The first kappa shape index (κ1) is 14.4. The number of benzene rings is 1. The Balaban J connectivity index is 2.40. The lowest BCUT2D eigenvalue weighted by atomic mass is 9.68. The highest BCUT2D eigenvalue weighted by Gasteiger charge is 2.45. The predicted molar refractivity (Wildman–Crippen MR) is 69.8 cm³/mol. The number of halogens is 3. The molecular formula is C15H20F3N. The molecule has 1 unspecified atom stereocenters. The molecule has 19 heavy (non-hydrogen) atoms. The normalized spacial score (nSPS) is 24.7. The molecule has 106 valence electrons. The Kier molecular flexibility index (Phi) is 3.42. The molecule has 1 heterocycles. The average Bonchev–Trinajstić information content (AvgIpc) is 2.77. The van der Waals surface area contributed by atoms with Crippen molar-refractivity contribution in [2.75, 3.05) is 6.54 Å². The topological polar surface area (TPSA) is 12.0 Å². The number of rotatable bonds is 1. The first-order chi connectivity index (χ1) is 8.67. The van der Waals surface area contributed by atoms with E-state index < -0.39 is 11.7 Å². The van der Waals surface area contributed by atoms with Crippen molar-refractivity contribution in [3.05, 3.63) is 35.4 Å². The van der Waals surface area contributed by atoms with Gasteiger partial charge < -0.3 is 5.32 Å². The third kappa shape index (κ3) is 2.50. The molecule has 0 radical (unpaired) electrons. The SMILES string of the molecule is CC(C)(C)C1(c2ccc(C(F)(F)F)cc2)CCCN1. The van der Waals surface area contributed by atoms with Crippen molar-refractivity contribution in [1.29, 1.82) is 0 Å². The summed E-state index contributed by atoms with van der Waals surface area (Å²) in [6.07, 6.45) is -2.25. The van der Waals surface area contributed by atoms with E-state index in [4.69, 9.17) is 0 Å². The lowest BCUT2D eigenvalue weighted by molar-refractivity contribution is -0.137. The molecule has 1 atom stereocenters. The number of nitrogens with one attached hydrogen (secondary N) is 1. The van der Waals surface area contributed by atoms with E-state index in [0.717, 1.165) is 24.9 Å². The lowest BCUT2D eigenvalue weighted by Crippen LogP contribution is -2.48. The van der Waals surface area contributed by atoms with Gasteiger partial charge in [-0.15, -0.1) is 0 Å². The van der Waals surface area contributed by atoms with Crippen LogP contribution >= 0.6 is 0 Å². The summed E-state index contributed by atoms with van der Waals surface area (Å²) in [6, 6.07) is 5.60. The second-order valence-electron chi connectivity index (χ2n) is 6.26. The zero-order valence-electron chi connectivity index (χ0n) is 11.6. The quantitative estimate of drug-likeness (QED) is 0.801. The maximum atomic E-state index is 12.6. The van der Waals surface area contributed by atoms with Gasteiger partial charge in [0.15, 0.2) is 0 Å². The third-order valence-electron chi connectivity index (χ3n) is 4.14. The van der Waals surface area contributed by atoms with Crippen molar-refractivity contribution in [3.63, 3.8) is 0 Å². The molecule has 0 saturated carbocycles. The van der Waals surface area contributed by atoms with Gasteiger partial charge in [-0.1, -0.05) is 32.9 Å². The zero-order valence-corrected chi connectivity index (χ0v) is 11.6. The Labute approximate surface area is 112 Å². The first-order valence-electron chi connectivity index (χ1n) is 6.60. The van der Waals surface area contributed by atoms with Crippen LogP contribution in [0, 0.1) is 5.41 Å². The van der Waals surface area contributed by atoms with E-state index in [0.29, 0.717) is 0 Å². The number of alkyl halides is 3. The molecule has 1 aliphatic rings. The van der Waals surface area contributed by atoms with Crippen molar-refractivity contribution >= 4 is 0 Å². The van der Waals surface area contributed by atoms with Crippen molar-refractivity contribution in [2.45, 2.75) is 45.3 Å². The predicted octanol–water partition coefficient (Wildman–Crippen LogP) is 4.33. The molecule has 1 aromatic rings. The van der Waals surface area contributed by atoms with Crippen LogP contribution in [0.2, 0.25) is 0 Å². The van der Waals surface area contributed by atoms with Gasteiger partial charge in [-0.25, -0.2) is 0 Å². The fourth-order valence-electron chi connectivity index (χ4n) is 3.01. The van der Waals surface area contributed by atoms with Crippen LogP contribution in [0.25, 0.3) is 0 Å². The van der Waals surface area contributed by atoms with E-state index in [-0.39, 0.29) is 11.0 Å². The summed E-state index contributed by atoms with van der Waals surface area (Å²) >= 11 is 0. The minimum atomic E-state index is -4.27. The Morgan fingerprint density at radius 3 is 2.00 bits per heavy atom. The molecule has 1 nitrogen and oxygen atoms in total. The van der Waals surface area contributed by atoms with E-state index >= 15 is 0 Å². The van der Waals surface area contributed by atoms with E-state index in [1.54, 1.807) is 12.1 Å². The van der Waals surface area contributed by atoms with Crippen LogP contribution < -0.4 is 5.32 Å². The minimum absolute atomic E-state index is 0.0384. The molecule has 0 amide bonds. The molecule has 1 N–H and O–H groups in total. The summed E-state index contributed by atoms with van der Waals surface area (Å²) < 4.78 is 37.8. The number of hydrogen-bond donors (Lipinski definition) is 1. The molecule has 0 aromatic heterocycles. The summed E-state index contributed by atoms with van der Waals surface area (Å²) in [5, 5.41) is 3.50. The molecule has 1 saturated heterocycles. The summed E-state index contributed by atoms with van der Waals surface area (Å²) in [7, 11) is 0. The maximum Gasteiger partial charge on any atom is 0.416 e. The fourth-order valence-corrected chi connectivity index (χ4v) is 3.01. The van der Waals surface area contributed by atoms with Gasteiger partial charge in [-0.2, -0.15) is 13.2 Å². The van der Waals surface area contributed by atoms with Gasteiger partial charge in [0.1, 0.15) is 0 Å². The van der Waals surface area contributed by atoms with Crippen LogP contribution in [-0.4, -0.2) is 6.54 Å². The first-order valence-corrected chi connectivity index (χ1v) is 6.60. The molecule has 1 aliphatic heterocycles. The maximum absolute atomic E-state index is 12.6. The summed E-state index contributed by atoms with van der Waals surface area (Å²) in [4.78, 5) is 0. The summed E-state index contributed by atoms with van der Waals surface area (Å²) in [5.74, 6) is 0. The Bertz CT molecular complexity index is 434. The largest absolute Gasteiger partial charge is 0.416 e. The Morgan fingerprint density at radius 1 is 1.05 bits per heavy atom. The smallest absolute Gasteiger partial charge is 0.307 e. The summed E-state index contributed by atoms with van der Waals surface area (Å²) in [5.41, 5.74) is 0.101. The molecule has 0 aliphatic carbocycles. The van der Waals surface area contributed by atoms with Gasteiger partial charge >= 0.3 is 6.18 Å². The van der Waals surface area contributed by atoms with Crippen LogP contribution in [0.4, 0.5) is 13.2 Å². The fraction of sp³-hybridized carbons (Fsp3) is 0.600. The van der Waals surface area contributed by atoms with E-state index in [2.05, 4.69) is 26.1 Å². The van der Waals surface area contributed by atoms with Gasteiger partial charge in [0, 0.05) is 5.54 Å². The van der Waals surface area contributed by atoms with Crippen LogP contribution in [0.1, 0.15) is 44.7 Å². The van der Waals surface area contributed by atoms with Gasteiger partial charge in [-0.3, -0.25) is 0 Å². The van der Waals surface area contributed by atoms with Gasteiger partial charge in [-0.05, 0) is 42.5 Å². The minimum Gasteiger partial charge on any atom is -0.307 e. The van der Waals surface area contributed by atoms with E-state index in [1.807, 2.05) is 0 Å². The monoisotopic (exact) mass is 271 g/mol. The van der Waals surface area contributed by atoms with Crippen molar-refractivity contribution in [2.24, 2.45) is 5.41 Å². The molecular weight excluding hydrogens is 251 g/mol. The van der Waals surface area contributed by atoms with Crippen LogP contribution in [0.5, 0.6) is 0 Å². The molecule has 0 spiro atoms. The van der Waals surface area contributed by atoms with Crippen LogP contribution in [0.3, 0.4) is 0 Å². The molecule has 1 fully saturated rings. The lowest BCUT2D eigenvalue weighted by Gasteiger charge is -2.43. The highest BCUT2D eigenvalue weighted by Crippen LogP contribution is 2.45. The highest BCUT2D eigenvalue weighted by molar-refractivity contribution is 5.32. The van der Waals surface area contributed by atoms with Crippen molar-refractivity contribution < 1.29 is 13.2 Å². The second-order valence-corrected chi connectivity index (χ2v) is 6.26. The highest BCUT2D eigenvalue weighted by atomic mass is 19.4. The third-order valence-corrected chi connectivity index (χ3v) is 4.14. The molecule has 2 rings (SSSR count).